The van der Waals surface area contributed by atoms with Crippen LogP contribution in [0.1, 0.15) is 16.2 Å². The SMILES string of the molecule is CNc1nc(Nc2cc(C)nc(OCCOC)c2)c(C(=O)OC)nc1-c1cncc2c1ncn2C. The lowest BCUT2D eigenvalue weighted by Crippen LogP contribution is -2.13. The van der Waals surface area contributed by atoms with Crippen molar-refractivity contribution >= 4 is 34.3 Å². The van der Waals surface area contributed by atoms with Gasteiger partial charge in [0.25, 0.3) is 0 Å². The molecule has 0 radical (unpaired) electrons. The Morgan fingerprint density at radius 2 is 1.91 bits per heavy atom. The van der Waals surface area contributed by atoms with Gasteiger partial charge >= 0.3 is 5.97 Å². The first-order valence-corrected chi connectivity index (χ1v) is 10.8. The van der Waals surface area contributed by atoms with Crippen LogP contribution in [0.5, 0.6) is 5.88 Å². The molecule has 0 saturated carbocycles. The Bertz CT molecular complexity index is 1370. The normalized spacial score (nSPS) is 10.9. The third-order valence-corrected chi connectivity index (χ3v) is 5.13. The Morgan fingerprint density at radius 3 is 2.66 bits per heavy atom. The highest BCUT2D eigenvalue weighted by Gasteiger charge is 2.23. The molecule has 4 heterocycles. The molecule has 4 aromatic rings. The number of anilines is 3. The first kappa shape index (κ1) is 23.8. The topological polar surface area (TPSA) is 138 Å². The molecule has 0 aliphatic heterocycles. The first-order chi connectivity index (χ1) is 16.9. The number of aryl methyl sites for hydroxylation is 2. The third-order valence-electron chi connectivity index (χ3n) is 5.13. The van der Waals surface area contributed by atoms with Crippen LogP contribution in [0.4, 0.5) is 17.3 Å². The summed E-state index contributed by atoms with van der Waals surface area (Å²) >= 11 is 0. The Morgan fingerprint density at radius 1 is 1.09 bits per heavy atom. The van der Waals surface area contributed by atoms with Crippen LogP contribution in [0, 0.1) is 6.92 Å². The molecule has 0 spiro atoms. The number of carbonyl (C=O) groups excluding carboxylic acids is 1. The van der Waals surface area contributed by atoms with E-state index in [4.69, 9.17) is 14.2 Å². The van der Waals surface area contributed by atoms with Crippen molar-refractivity contribution in [3.05, 3.63) is 42.2 Å². The maximum absolute atomic E-state index is 12.7. The van der Waals surface area contributed by atoms with Crippen molar-refractivity contribution in [2.75, 3.05) is 45.1 Å². The van der Waals surface area contributed by atoms with Crippen molar-refractivity contribution in [2.45, 2.75) is 6.92 Å². The zero-order valence-corrected chi connectivity index (χ0v) is 20.1. The van der Waals surface area contributed by atoms with Crippen molar-refractivity contribution in [2.24, 2.45) is 7.05 Å². The zero-order valence-electron chi connectivity index (χ0n) is 20.1. The predicted octanol–water partition coefficient (Wildman–Crippen LogP) is 2.73. The Labute approximate surface area is 201 Å². The summed E-state index contributed by atoms with van der Waals surface area (Å²) in [5.74, 6) is 0.407. The molecule has 4 aromatic heterocycles. The molecule has 0 aliphatic carbocycles. The smallest absolute Gasteiger partial charge is 0.360 e. The Kier molecular flexibility index (Phi) is 7.01. The van der Waals surface area contributed by atoms with E-state index in [1.807, 2.05) is 18.5 Å². The second-order valence-electron chi connectivity index (χ2n) is 7.57. The molecular formula is C23H26N8O4. The molecule has 0 aromatic carbocycles. The molecule has 0 atom stereocenters. The maximum atomic E-state index is 12.7. The molecule has 0 aliphatic rings. The highest BCUT2D eigenvalue weighted by atomic mass is 16.5. The second-order valence-corrected chi connectivity index (χ2v) is 7.57. The lowest BCUT2D eigenvalue weighted by Gasteiger charge is -2.15. The van der Waals surface area contributed by atoms with Crippen LogP contribution in [0.2, 0.25) is 0 Å². The number of fused-ring (bicyclic) bond motifs is 1. The summed E-state index contributed by atoms with van der Waals surface area (Å²) in [4.78, 5) is 35.1. The minimum absolute atomic E-state index is 0.00532. The van der Waals surface area contributed by atoms with E-state index < -0.39 is 5.97 Å². The van der Waals surface area contributed by atoms with Crippen LogP contribution in [0.15, 0.2) is 30.9 Å². The average molecular weight is 479 g/mol. The quantitative estimate of drug-likeness (QED) is 0.271. The average Bonchev–Trinajstić information content (AvgIpc) is 3.24. The molecule has 35 heavy (non-hydrogen) atoms. The number of imidazole rings is 1. The number of carbonyl (C=O) groups is 1. The number of nitrogens with zero attached hydrogens (tertiary/aromatic N) is 6. The lowest BCUT2D eigenvalue weighted by atomic mass is 10.1. The van der Waals surface area contributed by atoms with Gasteiger partial charge in [-0.25, -0.2) is 24.7 Å². The summed E-state index contributed by atoms with van der Waals surface area (Å²) in [5.41, 5.74) is 3.90. The molecule has 182 valence electrons. The van der Waals surface area contributed by atoms with Gasteiger partial charge < -0.3 is 29.4 Å². The summed E-state index contributed by atoms with van der Waals surface area (Å²) in [6, 6.07) is 3.51. The van der Waals surface area contributed by atoms with Crippen molar-refractivity contribution in [1.29, 1.82) is 0 Å². The molecule has 0 unspecified atom stereocenters. The van der Waals surface area contributed by atoms with Gasteiger partial charge in [-0.1, -0.05) is 0 Å². The standard InChI is InChI=1S/C23H26N8O4/c1-13-8-14(9-17(27-13)35-7-6-33-4)28-22-20(23(32)34-5)29-19(21(24-2)30-22)15-10-25-11-16-18(15)26-12-31(16)3/h8-12H,6-7H2,1-5H3,(H2,24,27,28,30). The van der Waals surface area contributed by atoms with Gasteiger partial charge in [-0.05, 0) is 13.0 Å². The van der Waals surface area contributed by atoms with Gasteiger partial charge in [-0.2, -0.15) is 0 Å². The van der Waals surface area contributed by atoms with E-state index in [1.165, 1.54) is 7.11 Å². The van der Waals surface area contributed by atoms with E-state index in [-0.39, 0.29) is 11.5 Å². The fraction of sp³-hybridized carbons (Fsp3) is 0.304. The molecule has 0 bridgehead atoms. The van der Waals surface area contributed by atoms with Gasteiger partial charge in [0.2, 0.25) is 5.88 Å². The van der Waals surface area contributed by atoms with Crippen molar-refractivity contribution in [3.8, 4) is 17.1 Å². The van der Waals surface area contributed by atoms with Gasteiger partial charge in [0.15, 0.2) is 17.3 Å². The monoisotopic (exact) mass is 478 g/mol. The summed E-state index contributed by atoms with van der Waals surface area (Å²) in [7, 11) is 6.49. The largest absolute Gasteiger partial charge is 0.475 e. The molecule has 12 nitrogen and oxygen atoms in total. The number of hydrogen-bond acceptors (Lipinski definition) is 11. The van der Waals surface area contributed by atoms with Crippen molar-refractivity contribution < 1.29 is 19.0 Å². The van der Waals surface area contributed by atoms with Crippen LogP contribution in [0.3, 0.4) is 0 Å². The fourth-order valence-electron chi connectivity index (χ4n) is 3.49. The molecule has 0 fully saturated rings. The van der Waals surface area contributed by atoms with Gasteiger partial charge in [0.05, 0.1) is 37.3 Å². The van der Waals surface area contributed by atoms with Crippen LogP contribution in [0.25, 0.3) is 22.3 Å². The summed E-state index contributed by atoms with van der Waals surface area (Å²) in [5, 5.41) is 6.21. The van der Waals surface area contributed by atoms with Gasteiger partial charge in [-0.3, -0.25) is 4.98 Å². The third kappa shape index (κ3) is 4.96. The van der Waals surface area contributed by atoms with E-state index in [9.17, 15) is 4.79 Å². The summed E-state index contributed by atoms with van der Waals surface area (Å²) < 4.78 is 17.5. The Balaban J connectivity index is 1.79. The van der Waals surface area contributed by atoms with E-state index in [0.29, 0.717) is 53.1 Å². The lowest BCUT2D eigenvalue weighted by molar-refractivity contribution is 0.0595. The maximum Gasteiger partial charge on any atom is 0.360 e. The number of ether oxygens (including phenoxy) is 3. The fourth-order valence-corrected chi connectivity index (χ4v) is 3.49. The zero-order chi connectivity index (χ0) is 24.9. The highest BCUT2D eigenvalue weighted by molar-refractivity contribution is 5.98. The van der Waals surface area contributed by atoms with Gasteiger partial charge in [-0.15, -0.1) is 0 Å². The number of pyridine rings is 2. The van der Waals surface area contributed by atoms with E-state index in [2.05, 4.69) is 35.6 Å². The number of nitrogens with one attached hydrogen (secondary N) is 2. The number of rotatable bonds is 9. The predicted molar refractivity (Wildman–Crippen MR) is 130 cm³/mol. The van der Waals surface area contributed by atoms with E-state index in [0.717, 1.165) is 5.52 Å². The minimum Gasteiger partial charge on any atom is -0.475 e. The van der Waals surface area contributed by atoms with Gasteiger partial charge in [0, 0.05) is 44.8 Å². The molecular weight excluding hydrogens is 452 g/mol. The number of hydrogen-bond donors (Lipinski definition) is 2. The van der Waals surface area contributed by atoms with Crippen LogP contribution in [-0.2, 0) is 16.5 Å². The molecule has 12 heteroatoms. The van der Waals surface area contributed by atoms with Gasteiger partial charge in [0.1, 0.15) is 17.8 Å². The number of methoxy groups -OCH3 is 2. The number of esters is 1. The van der Waals surface area contributed by atoms with Crippen LogP contribution < -0.4 is 15.4 Å². The Hall–Kier alpha value is -4.32. The summed E-state index contributed by atoms with van der Waals surface area (Å²) in [6.07, 6.45) is 5.05. The molecule has 4 rings (SSSR count). The van der Waals surface area contributed by atoms with Crippen molar-refractivity contribution in [3.63, 3.8) is 0 Å². The second kappa shape index (κ2) is 10.3. The minimum atomic E-state index is -0.646. The molecule has 2 N–H and O–H groups in total. The molecule has 0 amide bonds. The van der Waals surface area contributed by atoms with Crippen LogP contribution in [-0.4, -0.2) is 69.9 Å². The van der Waals surface area contributed by atoms with E-state index in [1.54, 1.807) is 45.0 Å². The van der Waals surface area contributed by atoms with E-state index >= 15 is 0 Å². The van der Waals surface area contributed by atoms with Crippen LogP contribution >= 0.6 is 0 Å². The highest BCUT2D eigenvalue weighted by Crippen LogP contribution is 2.33. The molecule has 0 saturated heterocycles. The first-order valence-electron chi connectivity index (χ1n) is 10.8. The summed E-state index contributed by atoms with van der Waals surface area (Å²) in [6.45, 7) is 2.62. The van der Waals surface area contributed by atoms with Crippen molar-refractivity contribution in [1.82, 2.24) is 29.5 Å². The number of aromatic nitrogens is 6.